The largest absolute Gasteiger partial charge is 0.497 e. The molecule has 0 saturated carbocycles. The average Bonchev–Trinajstić information content (AvgIpc) is 2.69. The molecule has 2 rings (SSSR count). The molecule has 0 bridgehead atoms. The van der Waals surface area contributed by atoms with Crippen LogP contribution < -0.4 is 19.5 Å². The number of methoxy groups -OCH3 is 2. The Bertz CT molecular complexity index is 771. The van der Waals surface area contributed by atoms with Crippen molar-refractivity contribution in [3.8, 4) is 17.2 Å². The Kier molecular flexibility index (Phi) is 7.67. The lowest BCUT2D eigenvalue weighted by atomic mass is 10.0. The van der Waals surface area contributed by atoms with Crippen molar-refractivity contribution in [2.45, 2.75) is 19.8 Å². The van der Waals surface area contributed by atoms with Crippen LogP contribution in [-0.2, 0) is 4.79 Å². The molecule has 0 aliphatic heterocycles. The molecule has 0 aliphatic carbocycles. The monoisotopic (exact) mass is 371 g/mol. The van der Waals surface area contributed by atoms with E-state index >= 15 is 0 Å². The number of nitrogens with one attached hydrogen (secondary N) is 1. The molecule has 2 aromatic rings. The van der Waals surface area contributed by atoms with Gasteiger partial charge in [-0.25, -0.2) is 0 Å². The van der Waals surface area contributed by atoms with E-state index in [2.05, 4.69) is 5.32 Å². The second kappa shape index (κ2) is 10.2. The van der Waals surface area contributed by atoms with Crippen LogP contribution in [0.3, 0.4) is 0 Å². The molecule has 27 heavy (non-hydrogen) atoms. The van der Waals surface area contributed by atoms with E-state index in [9.17, 15) is 9.59 Å². The Hall–Kier alpha value is -3.02. The summed E-state index contributed by atoms with van der Waals surface area (Å²) in [6.45, 7) is 2.62. The number of amides is 1. The second-order valence-electron chi connectivity index (χ2n) is 6.00. The number of Topliss-reactive ketones (excluding diaryl/α,β-unsaturated/α-hetero) is 1. The van der Waals surface area contributed by atoms with Crippen LogP contribution in [0.2, 0.25) is 0 Å². The molecule has 6 heteroatoms. The molecule has 1 amide bonds. The summed E-state index contributed by atoms with van der Waals surface area (Å²) >= 11 is 0. The van der Waals surface area contributed by atoms with Gasteiger partial charge in [-0.05, 0) is 43.3 Å². The predicted octanol–water partition coefficient (Wildman–Crippen LogP) is 3.17. The van der Waals surface area contributed by atoms with Crippen LogP contribution >= 0.6 is 0 Å². The smallest absolute Gasteiger partial charge is 0.220 e. The Morgan fingerprint density at radius 1 is 0.926 bits per heavy atom. The minimum Gasteiger partial charge on any atom is -0.497 e. The Morgan fingerprint density at radius 3 is 2.30 bits per heavy atom. The maximum Gasteiger partial charge on any atom is 0.220 e. The summed E-state index contributed by atoms with van der Waals surface area (Å²) in [4.78, 5) is 24.3. The highest BCUT2D eigenvalue weighted by molar-refractivity contribution is 6.00. The molecule has 6 nitrogen and oxygen atoms in total. The molecule has 0 aromatic heterocycles. The Balaban J connectivity index is 1.71. The topological polar surface area (TPSA) is 73.9 Å². The first-order valence-electron chi connectivity index (χ1n) is 8.75. The van der Waals surface area contributed by atoms with Crippen molar-refractivity contribution in [2.24, 2.45) is 0 Å². The highest BCUT2D eigenvalue weighted by atomic mass is 16.5. The number of ether oxygens (including phenoxy) is 3. The summed E-state index contributed by atoms with van der Waals surface area (Å²) in [5, 5.41) is 2.75. The number of aryl methyl sites for hydroxylation is 1. The van der Waals surface area contributed by atoms with Crippen molar-refractivity contribution in [2.75, 3.05) is 27.4 Å². The zero-order valence-corrected chi connectivity index (χ0v) is 15.9. The highest BCUT2D eigenvalue weighted by Crippen LogP contribution is 2.21. The van der Waals surface area contributed by atoms with E-state index < -0.39 is 0 Å². The van der Waals surface area contributed by atoms with Crippen molar-refractivity contribution in [3.63, 3.8) is 0 Å². The van der Waals surface area contributed by atoms with Crippen LogP contribution in [-0.4, -0.2) is 39.1 Å². The molecule has 144 valence electrons. The number of hydrogen-bond donors (Lipinski definition) is 1. The molecule has 0 unspecified atom stereocenters. The van der Waals surface area contributed by atoms with Gasteiger partial charge in [-0.15, -0.1) is 0 Å². The van der Waals surface area contributed by atoms with Crippen LogP contribution in [0, 0.1) is 6.92 Å². The van der Waals surface area contributed by atoms with E-state index in [-0.39, 0.29) is 24.5 Å². The van der Waals surface area contributed by atoms with E-state index in [1.54, 1.807) is 43.5 Å². The Morgan fingerprint density at radius 2 is 1.63 bits per heavy atom. The predicted molar refractivity (Wildman–Crippen MR) is 103 cm³/mol. The normalized spacial score (nSPS) is 10.2. The van der Waals surface area contributed by atoms with Crippen molar-refractivity contribution in [1.82, 2.24) is 5.32 Å². The fourth-order valence-corrected chi connectivity index (χ4v) is 2.52. The van der Waals surface area contributed by atoms with Crippen LogP contribution in [0.5, 0.6) is 17.2 Å². The molecular formula is C21H25NO5. The van der Waals surface area contributed by atoms with Gasteiger partial charge in [0, 0.05) is 12.8 Å². The highest BCUT2D eigenvalue weighted by Gasteiger charge is 2.14. The fourth-order valence-electron chi connectivity index (χ4n) is 2.52. The lowest BCUT2D eigenvalue weighted by molar-refractivity contribution is -0.121. The summed E-state index contributed by atoms with van der Waals surface area (Å²) in [5.41, 5.74) is 1.48. The molecule has 2 aromatic carbocycles. The van der Waals surface area contributed by atoms with E-state index in [1.165, 1.54) is 7.11 Å². The quantitative estimate of drug-likeness (QED) is 0.513. The van der Waals surface area contributed by atoms with E-state index in [4.69, 9.17) is 14.2 Å². The zero-order valence-electron chi connectivity index (χ0n) is 15.9. The molecular weight excluding hydrogens is 346 g/mol. The number of carbonyl (C=O) groups is 2. The summed E-state index contributed by atoms with van der Waals surface area (Å²) in [7, 11) is 3.13. The van der Waals surface area contributed by atoms with Crippen LogP contribution in [0.25, 0.3) is 0 Å². The van der Waals surface area contributed by atoms with Crippen molar-refractivity contribution in [3.05, 3.63) is 53.6 Å². The summed E-state index contributed by atoms with van der Waals surface area (Å²) in [6, 6.07) is 12.6. The lowest BCUT2D eigenvalue weighted by Crippen LogP contribution is -2.28. The van der Waals surface area contributed by atoms with Gasteiger partial charge in [0.05, 0.1) is 26.3 Å². The minimum absolute atomic E-state index is 0.111. The average molecular weight is 371 g/mol. The summed E-state index contributed by atoms with van der Waals surface area (Å²) in [5.74, 6) is 1.68. The number of benzene rings is 2. The van der Waals surface area contributed by atoms with Crippen LogP contribution in [0.1, 0.15) is 28.8 Å². The second-order valence-corrected chi connectivity index (χ2v) is 6.00. The van der Waals surface area contributed by atoms with Gasteiger partial charge in [-0.1, -0.05) is 11.6 Å². The molecule has 1 N–H and O–H groups in total. The molecule has 0 heterocycles. The number of rotatable bonds is 10. The molecule has 0 aliphatic rings. The van der Waals surface area contributed by atoms with Crippen LogP contribution in [0.4, 0.5) is 0 Å². The summed E-state index contributed by atoms with van der Waals surface area (Å²) in [6.07, 6.45) is 0.253. The standard InChI is InChI=1S/C21H25NO5/c1-15-4-10-20(26-3)18(14-15)19(23)9-11-21(24)22-12-13-27-17-7-5-16(25-2)6-8-17/h4-8,10,14H,9,11-13H2,1-3H3,(H,22,24). The lowest BCUT2D eigenvalue weighted by Gasteiger charge is -2.10. The van der Waals surface area contributed by atoms with Gasteiger partial charge >= 0.3 is 0 Å². The molecule has 0 saturated heterocycles. The number of carbonyl (C=O) groups excluding carboxylic acids is 2. The van der Waals surface area contributed by atoms with Crippen LogP contribution in [0.15, 0.2) is 42.5 Å². The summed E-state index contributed by atoms with van der Waals surface area (Å²) < 4.78 is 15.8. The molecule has 0 radical (unpaired) electrons. The fraction of sp³-hybridized carbons (Fsp3) is 0.333. The molecule has 0 fully saturated rings. The van der Waals surface area contributed by atoms with Gasteiger partial charge in [-0.3, -0.25) is 9.59 Å². The number of hydrogen-bond acceptors (Lipinski definition) is 5. The van der Waals surface area contributed by atoms with Crippen molar-refractivity contribution in [1.29, 1.82) is 0 Å². The van der Waals surface area contributed by atoms with Gasteiger partial charge in [0.2, 0.25) is 5.91 Å². The first-order valence-corrected chi connectivity index (χ1v) is 8.75. The van der Waals surface area contributed by atoms with Gasteiger partial charge in [0.25, 0.3) is 0 Å². The van der Waals surface area contributed by atoms with Gasteiger partial charge in [0.15, 0.2) is 5.78 Å². The zero-order chi connectivity index (χ0) is 19.6. The van der Waals surface area contributed by atoms with Gasteiger partial charge < -0.3 is 19.5 Å². The van der Waals surface area contributed by atoms with Gasteiger partial charge in [-0.2, -0.15) is 0 Å². The van der Waals surface area contributed by atoms with Crippen molar-refractivity contribution < 1.29 is 23.8 Å². The maximum absolute atomic E-state index is 12.4. The van der Waals surface area contributed by atoms with E-state index in [0.717, 1.165) is 11.3 Å². The van der Waals surface area contributed by atoms with Crippen molar-refractivity contribution >= 4 is 11.7 Å². The minimum atomic E-state index is -0.187. The SMILES string of the molecule is COc1ccc(OCCNC(=O)CCC(=O)c2cc(C)ccc2OC)cc1. The first-order chi connectivity index (χ1) is 13.0. The van der Waals surface area contributed by atoms with E-state index in [1.807, 2.05) is 13.0 Å². The third-order valence-corrected chi connectivity index (χ3v) is 3.99. The third-order valence-electron chi connectivity index (χ3n) is 3.99. The van der Waals surface area contributed by atoms with E-state index in [0.29, 0.717) is 30.2 Å². The number of ketones is 1. The molecule has 0 spiro atoms. The van der Waals surface area contributed by atoms with Gasteiger partial charge in [0.1, 0.15) is 23.9 Å². The maximum atomic E-state index is 12.4. The first kappa shape index (κ1) is 20.3. The molecule has 0 atom stereocenters. The third kappa shape index (κ3) is 6.33. The Labute approximate surface area is 159 Å².